The third-order valence-electron chi connectivity index (χ3n) is 4.08. The summed E-state index contributed by atoms with van der Waals surface area (Å²) in [5.74, 6) is -0.156. The second-order valence-electron chi connectivity index (χ2n) is 6.13. The molecule has 0 unspecified atom stereocenters. The van der Waals surface area contributed by atoms with Gasteiger partial charge in [0, 0.05) is 12.4 Å². The number of hydrazine groups is 1. The van der Waals surface area contributed by atoms with Gasteiger partial charge < -0.3 is 5.32 Å². The molecule has 0 aliphatic heterocycles. The van der Waals surface area contributed by atoms with Crippen molar-refractivity contribution in [3.8, 4) is 0 Å². The minimum atomic E-state index is -0.665. The zero-order valence-electron chi connectivity index (χ0n) is 15.2. The number of hydrogen-bond donors (Lipinski definition) is 3. The normalized spacial score (nSPS) is 10.9. The smallest absolute Gasteiger partial charge is 0.303 e. The highest BCUT2D eigenvalue weighted by atomic mass is 35.5. The number of amides is 2. The van der Waals surface area contributed by atoms with Crippen molar-refractivity contribution in [1.29, 1.82) is 0 Å². The molecule has 3 rings (SSSR count). The van der Waals surface area contributed by atoms with Gasteiger partial charge in [-0.2, -0.15) is 5.10 Å². The number of anilines is 2. The summed E-state index contributed by atoms with van der Waals surface area (Å²) in [6, 6.07) is 5.37. The maximum atomic E-state index is 13.8. The van der Waals surface area contributed by atoms with Crippen molar-refractivity contribution in [2.45, 2.75) is 26.7 Å². The Morgan fingerprint density at radius 1 is 1.37 bits per heavy atom. The first kappa shape index (κ1) is 18.9. The molecule has 0 radical (unpaired) electrons. The van der Waals surface area contributed by atoms with Crippen LogP contribution in [0.5, 0.6) is 0 Å². The van der Waals surface area contributed by atoms with E-state index in [-0.39, 0.29) is 10.7 Å². The number of carbonyl (C=O) groups is 1. The van der Waals surface area contributed by atoms with Gasteiger partial charge in [0.05, 0.1) is 16.4 Å². The topological polar surface area (TPSA) is 83.9 Å². The van der Waals surface area contributed by atoms with Crippen LogP contribution in [0.15, 0.2) is 24.3 Å². The van der Waals surface area contributed by atoms with E-state index >= 15 is 0 Å². The van der Waals surface area contributed by atoms with Gasteiger partial charge in [0.25, 0.3) is 0 Å². The molecule has 2 aromatic heterocycles. The van der Waals surface area contributed by atoms with Gasteiger partial charge in [0.15, 0.2) is 5.65 Å². The van der Waals surface area contributed by atoms with Crippen molar-refractivity contribution in [2.24, 2.45) is 7.05 Å². The monoisotopic (exact) mass is 390 g/mol. The van der Waals surface area contributed by atoms with Crippen LogP contribution in [0.2, 0.25) is 5.02 Å². The summed E-state index contributed by atoms with van der Waals surface area (Å²) in [5.41, 5.74) is 7.84. The third-order valence-corrected chi connectivity index (χ3v) is 4.39. The lowest BCUT2D eigenvalue weighted by atomic mass is 10.1. The number of nitrogens with one attached hydrogen (secondary N) is 3. The van der Waals surface area contributed by atoms with Crippen LogP contribution >= 0.6 is 11.6 Å². The van der Waals surface area contributed by atoms with Crippen LogP contribution in [0.25, 0.3) is 11.0 Å². The molecule has 2 heterocycles. The lowest BCUT2D eigenvalue weighted by Gasteiger charge is -2.12. The van der Waals surface area contributed by atoms with Gasteiger partial charge in [-0.1, -0.05) is 31.0 Å². The number of fused-ring (bicyclic) bond motifs is 1. The van der Waals surface area contributed by atoms with Crippen LogP contribution in [0.1, 0.15) is 24.6 Å². The van der Waals surface area contributed by atoms with Gasteiger partial charge in [-0.25, -0.2) is 14.2 Å². The molecular weight excluding hydrogens is 371 g/mol. The summed E-state index contributed by atoms with van der Waals surface area (Å²) < 4.78 is 15.5. The second-order valence-corrected chi connectivity index (χ2v) is 6.53. The Labute approximate surface area is 160 Å². The van der Waals surface area contributed by atoms with Crippen molar-refractivity contribution in [3.63, 3.8) is 0 Å². The lowest BCUT2D eigenvalue weighted by Crippen LogP contribution is -2.34. The molecule has 0 aliphatic carbocycles. The summed E-state index contributed by atoms with van der Waals surface area (Å²) in [7, 11) is 1.82. The molecule has 0 saturated carbocycles. The molecular formula is C18H20ClFN6O. The predicted octanol–water partition coefficient (Wildman–Crippen LogP) is 4.17. The van der Waals surface area contributed by atoms with E-state index in [1.54, 1.807) is 4.68 Å². The molecule has 0 fully saturated rings. The van der Waals surface area contributed by atoms with Gasteiger partial charge in [-0.05, 0) is 37.1 Å². The Morgan fingerprint density at radius 2 is 2.15 bits per heavy atom. The molecule has 3 aromatic rings. The summed E-state index contributed by atoms with van der Waals surface area (Å²) in [6.07, 6.45) is 1.82. The van der Waals surface area contributed by atoms with Gasteiger partial charge in [0.1, 0.15) is 11.6 Å². The standard InChI is InChI=1S/C18H20ClFN6O/c1-4-6-11-9-14(21-17-15(11)10(2)25-26(17)3)23-24-18(27)22-16-12(19)7-5-8-13(16)20/h5,7-9H,4,6H2,1-3H3,(H,21,23)(H2,22,24,27). The van der Waals surface area contributed by atoms with Crippen molar-refractivity contribution >= 4 is 40.2 Å². The Bertz CT molecular complexity index is 983. The number of rotatable bonds is 5. The Kier molecular flexibility index (Phi) is 5.46. The number of carbonyl (C=O) groups excluding carboxylic acids is 1. The van der Waals surface area contributed by atoms with E-state index in [2.05, 4.69) is 33.2 Å². The number of para-hydroxylation sites is 1. The molecule has 0 bridgehead atoms. The highest BCUT2D eigenvalue weighted by Gasteiger charge is 2.14. The molecule has 27 heavy (non-hydrogen) atoms. The van der Waals surface area contributed by atoms with Gasteiger partial charge in [-0.3, -0.25) is 15.5 Å². The highest BCUT2D eigenvalue weighted by molar-refractivity contribution is 6.33. The van der Waals surface area contributed by atoms with Crippen LogP contribution in [-0.4, -0.2) is 20.8 Å². The largest absolute Gasteiger partial charge is 0.338 e. The van der Waals surface area contributed by atoms with E-state index in [9.17, 15) is 9.18 Å². The maximum Gasteiger partial charge on any atom is 0.338 e. The SMILES string of the molecule is CCCc1cc(NNC(=O)Nc2c(F)cccc2Cl)nc2c1c(C)nn2C. The fraction of sp³-hybridized carbons (Fsp3) is 0.278. The van der Waals surface area contributed by atoms with E-state index in [1.807, 2.05) is 20.0 Å². The first-order chi connectivity index (χ1) is 12.9. The molecule has 142 valence electrons. The summed E-state index contributed by atoms with van der Waals surface area (Å²) in [4.78, 5) is 16.6. The summed E-state index contributed by atoms with van der Waals surface area (Å²) in [5, 5.41) is 7.92. The zero-order chi connectivity index (χ0) is 19.6. The molecule has 7 nitrogen and oxygen atoms in total. The highest BCUT2D eigenvalue weighted by Crippen LogP contribution is 2.25. The van der Waals surface area contributed by atoms with Crippen LogP contribution in [-0.2, 0) is 13.5 Å². The fourth-order valence-electron chi connectivity index (χ4n) is 2.95. The molecule has 0 aliphatic rings. The number of nitrogens with zero attached hydrogens (tertiary/aromatic N) is 3. The Hall–Kier alpha value is -2.87. The minimum absolute atomic E-state index is 0.0872. The van der Waals surface area contributed by atoms with Gasteiger partial charge in [0.2, 0.25) is 0 Å². The van der Waals surface area contributed by atoms with Crippen molar-refractivity contribution in [1.82, 2.24) is 20.2 Å². The number of urea groups is 1. The van der Waals surface area contributed by atoms with E-state index in [1.165, 1.54) is 18.2 Å². The van der Waals surface area contributed by atoms with Gasteiger partial charge in [-0.15, -0.1) is 0 Å². The molecule has 2 amide bonds. The Balaban J connectivity index is 1.78. The zero-order valence-corrected chi connectivity index (χ0v) is 16.0. The first-order valence-electron chi connectivity index (χ1n) is 8.51. The number of aromatic nitrogens is 3. The van der Waals surface area contributed by atoms with Crippen LogP contribution < -0.4 is 16.2 Å². The molecule has 9 heteroatoms. The second kappa shape index (κ2) is 7.79. The number of pyridine rings is 1. The molecule has 1 aromatic carbocycles. The fourth-order valence-corrected chi connectivity index (χ4v) is 3.16. The average Bonchev–Trinajstić information content (AvgIpc) is 2.91. The maximum absolute atomic E-state index is 13.8. The minimum Gasteiger partial charge on any atom is -0.303 e. The van der Waals surface area contributed by atoms with Crippen molar-refractivity contribution in [3.05, 3.63) is 46.4 Å². The van der Waals surface area contributed by atoms with Crippen LogP contribution in [0.4, 0.5) is 20.7 Å². The number of hydrogen-bond acceptors (Lipinski definition) is 4. The average molecular weight is 391 g/mol. The Morgan fingerprint density at radius 3 is 2.85 bits per heavy atom. The quantitative estimate of drug-likeness (QED) is 0.571. The van der Waals surface area contributed by atoms with Crippen molar-refractivity contribution < 1.29 is 9.18 Å². The van der Waals surface area contributed by atoms with Crippen LogP contribution in [0, 0.1) is 12.7 Å². The first-order valence-corrected chi connectivity index (χ1v) is 8.88. The van der Waals surface area contributed by atoms with E-state index < -0.39 is 11.8 Å². The van der Waals surface area contributed by atoms with E-state index in [0.29, 0.717) is 5.82 Å². The number of aryl methyl sites for hydroxylation is 3. The van der Waals surface area contributed by atoms with E-state index in [4.69, 9.17) is 11.6 Å². The molecule has 3 N–H and O–H groups in total. The lowest BCUT2D eigenvalue weighted by molar-refractivity contribution is 0.253. The molecule has 0 saturated heterocycles. The molecule has 0 atom stereocenters. The van der Waals surface area contributed by atoms with Gasteiger partial charge >= 0.3 is 6.03 Å². The number of benzene rings is 1. The van der Waals surface area contributed by atoms with E-state index in [0.717, 1.165) is 35.1 Å². The summed E-state index contributed by atoms with van der Waals surface area (Å²) >= 11 is 5.91. The summed E-state index contributed by atoms with van der Waals surface area (Å²) in [6.45, 7) is 4.04. The van der Waals surface area contributed by atoms with Crippen LogP contribution in [0.3, 0.4) is 0 Å². The number of halogens is 2. The third kappa shape index (κ3) is 3.95. The predicted molar refractivity (Wildman–Crippen MR) is 104 cm³/mol. The van der Waals surface area contributed by atoms with Crippen molar-refractivity contribution in [2.75, 3.05) is 10.7 Å². The molecule has 0 spiro atoms.